The summed E-state index contributed by atoms with van der Waals surface area (Å²) in [4.78, 5) is 1.26. The van der Waals surface area contributed by atoms with Gasteiger partial charge in [0.05, 0.1) is 5.69 Å². The number of hydrogen-bond donors (Lipinski definition) is 1. The Bertz CT molecular complexity index is 801. The number of benzene rings is 2. The maximum atomic E-state index is 4.77. The molecule has 1 unspecified atom stereocenters. The zero-order valence-corrected chi connectivity index (χ0v) is 15.4. The molecule has 0 aromatic heterocycles. The minimum atomic E-state index is 0.292. The summed E-state index contributed by atoms with van der Waals surface area (Å²) in [7, 11) is 0. The maximum absolute atomic E-state index is 4.77. The average molecular weight is 340 g/mol. The fraction of sp³-hybridized carbons (Fsp3) is 0.421. The molecule has 2 aromatic carbocycles. The van der Waals surface area contributed by atoms with E-state index in [1.165, 1.54) is 33.3 Å². The largest absolute Gasteiger partial charge is 0.293 e. The van der Waals surface area contributed by atoms with Crippen LogP contribution in [0.25, 0.3) is 10.8 Å². The van der Waals surface area contributed by atoms with Crippen LogP contribution in [0.5, 0.6) is 0 Å². The quantitative estimate of drug-likeness (QED) is 0.860. The number of nitrogens with one attached hydrogen (secondary N) is 1. The third kappa shape index (κ3) is 2.42. The molecule has 0 spiro atoms. The highest BCUT2D eigenvalue weighted by Gasteiger charge is 2.36. The van der Waals surface area contributed by atoms with Gasteiger partial charge in [0.15, 0.2) is 0 Å². The topological polar surface area (TPSA) is 30.9 Å². The van der Waals surface area contributed by atoms with Gasteiger partial charge in [-0.3, -0.25) is 10.4 Å². The SMILES string of the molecule is CCCc1ccc2c3c(ccc2c1)SC1=NN(CC)C(CC)N1N3. The number of rotatable bonds is 4. The van der Waals surface area contributed by atoms with Crippen LogP contribution in [0.3, 0.4) is 0 Å². The van der Waals surface area contributed by atoms with Crippen LogP contribution in [0, 0.1) is 0 Å². The zero-order valence-electron chi connectivity index (χ0n) is 14.5. The number of thioether (sulfide) groups is 1. The van der Waals surface area contributed by atoms with Gasteiger partial charge >= 0.3 is 0 Å². The van der Waals surface area contributed by atoms with E-state index < -0.39 is 0 Å². The highest BCUT2D eigenvalue weighted by Crippen LogP contribution is 2.42. The Kier molecular flexibility index (Phi) is 4.04. The maximum Gasteiger partial charge on any atom is 0.208 e. The van der Waals surface area contributed by atoms with Gasteiger partial charge in [-0.2, -0.15) is 0 Å². The summed E-state index contributed by atoms with van der Waals surface area (Å²) in [5.74, 6) is 0. The lowest BCUT2D eigenvalue weighted by Gasteiger charge is -2.34. The van der Waals surface area contributed by atoms with Crippen LogP contribution in [0.1, 0.15) is 39.2 Å². The lowest BCUT2D eigenvalue weighted by Crippen LogP contribution is -2.45. The molecule has 2 aliphatic rings. The number of hydrogen-bond acceptors (Lipinski definition) is 5. The zero-order chi connectivity index (χ0) is 16.7. The van der Waals surface area contributed by atoms with E-state index in [-0.39, 0.29) is 0 Å². The fourth-order valence-electron chi connectivity index (χ4n) is 3.57. The molecule has 5 heteroatoms. The Labute approximate surface area is 147 Å². The van der Waals surface area contributed by atoms with Crippen LogP contribution < -0.4 is 5.43 Å². The number of hydrazone groups is 1. The van der Waals surface area contributed by atoms with E-state index in [9.17, 15) is 0 Å². The summed E-state index contributed by atoms with van der Waals surface area (Å²) in [5.41, 5.74) is 6.29. The third-order valence-corrected chi connectivity index (χ3v) is 5.79. The highest BCUT2D eigenvalue weighted by atomic mass is 32.2. The number of hydrazine groups is 1. The van der Waals surface area contributed by atoms with Crippen molar-refractivity contribution in [2.45, 2.75) is 51.1 Å². The van der Waals surface area contributed by atoms with Crippen molar-refractivity contribution >= 4 is 33.4 Å². The molecule has 4 rings (SSSR count). The summed E-state index contributed by atoms with van der Waals surface area (Å²) >= 11 is 1.77. The third-order valence-electron chi connectivity index (χ3n) is 4.77. The molecule has 2 aliphatic heterocycles. The number of fused-ring (bicyclic) bond motifs is 4. The highest BCUT2D eigenvalue weighted by molar-refractivity contribution is 8.14. The average Bonchev–Trinajstić information content (AvgIpc) is 2.96. The van der Waals surface area contributed by atoms with Gasteiger partial charge in [0.25, 0.3) is 0 Å². The molecule has 126 valence electrons. The van der Waals surface area contributed by atoms with Crippen molar-refractivity contribution in [3.63, 3.8) is 0 Å². The molecule has 0 saturated heterocycles. The molecule has 1 N–H and O–H groups in total. The molecule has 2 aromatic rings. The first kappa shape index (κ1) is 15.6. The first-order valence-electron chi connectivity index (χ1n) is 8.89. The molecule has 1 atom stereocenters. The van der Waals surface area contributed by atoms with Gasteiger partial charge in [0.2, 0.25) is 5.17 Å². The van der Waals surface area contributed by atoms with Crippen LogP contribution in [-0.2, 0) is 6.42 Å². The van der Waals surface area contributed by atoms with E-state index >= 15 is 0 Å². The number of anilines is 1. The van der Waals surface area contributed by atoms with Crippen LogP contribution in [-0.4, -0.2) is 27.9 Å². The number of nitrogens with zero attached hydrogens (tertiary/aromatic N) is 3. The van der Waals surface area contributed by atoms with E-state index in [4.69, 9.17) is 5.10 Å². The molecule has 4 nitrogen and oxygen atoms in total. The lowest BCUT2D eigenvalue weighted by molar-refractivity contribution is 0.148. The van der Waals surface area contributed by atoms with E-state index in [1.54, 1.807) is 11.8 Å². The second kappa shape index (κ2) is 6.20. The van der Waals surface area contributed by atoms with Crippen LogP contribution in [0.4, 0.5) is 5.69 Å². The number of amidine groups is 1. The Morgan fingerprint density at radius 1 is 1.17 bits per heavy atom. The second-order valence-electron chi connectivity index (χ2n) is 6.36. The van der Waals surface area contributed by atoms with Gasteiger partial charge in [-0.15, -0.1) is 5.10 Å². The molecule has 0 amide bonds. The monoisotopic (exact) mass is 340 g/mol. The molecule has 0 fully saturated rings. The van der Waals surface area contributed by atoms with Gasteiger partial charge in [-0.1, -0.05) is 44.5 Å². The smallest absolute Gasteiger partial charge is 0.208 e. The van der Waals surface area contributed by atoms with E-state index in [2.05, 4.69) is 66.5 Å². The summed E-state index contributed by atoms with van der Waals surface area (Å²) in [6, 6.07) is 11.3. The van der Waals surface area contributed by atoms with Gasteiger partial charge in [-0.05, 0) is 48.5 Å². The normalized spacial score (nSPS) is 19.1. The van der Waals surface area contributed by atoms with Crippen molar-refractivity contribution in [2.75, 3.05) is 12.0 Å². The lowest BCUT2D eigenvalue weighted by atomic mass is 10.0. The Morgan fingerprint density at radius 3 is 2.79 bits per heavy atom. The fourth-order valence-corrected chi connectivity index (χ4v) is 4.58. The molecule has 24 heavy (non-hydrogen) atoms. The molecular weight excluding hydrogens is 316 g/mol. The minimum Gasteiger partial charge on any atom is -0.293 e. The van der Waals surface area contributed by atoms with Crippen molar-refractivity contribution in [2.24, 2.45) is 5.10 Å². The summed E-state index contributed by atoms with van der Waals surface area (Å²) < 4.78 is 0. The Balaban J connectivity index is 1.75. The van der Waals surface area contributed by atoms with E-state index in [1.807, 2.05) is 0 Å². The Hall–Kier alpha value is -1.88. The summed E-state index contributed by atoms with van der Waals surface area (Å²) in [6.45, 7) is 7.54. The van der Waals surface area contributed by atoms with Crippen LogP contribution >= 0.6 is 11.8 Å². The van der Waals surface area contributed by atoms with E-state index in [0.717, 1.165) is 24.6 Å². The van der Waals surface area contributed by atoms with Gasteiger partial charge in [0.1, 0.15) is 6.17 Å². The van der Waals surface area contributed by atoms with Crippen LogP contribution in [0.2, 0.25) is 0 Å². The molecule has 0 bridgehead atoms. The van der Waals surface area contributed by atoms with Gasteiger partial charge < -0.3 is 0 Å². The first-order valence-corrected chi connectivity index (χ1v) is 9.71. The Morgan fingerprint density at radius 2 is 2.04 bits per heavy atom. The summed E-state index contributed by atoms with van der Waals surface area (Å²) in [5, 5.41) is 12.8. The second-order valence-corrected chi connectivity index (χ2v) is 7.36. The molecule has 2 heterocycles. The molecule has 0 radical (unpaired) electrons. The molecule has 0 saturated carbocycles. The molecule has 0 aliphatic carbocycles. The van der Waals surface area contributed by atoms with Gasteiger partial charge in [-0.25, -0.2) is 5.01 Å². The minimum absolute atomic E-state index is 0.292. The van der Waals surface area contributed by atoms with E-state index in [0.29, 0.717) is 6.17 Å². The van der Waals surface area contributed by atoms with Crippen molar-refractivity contribution in [1.29, 1.82) is 0 Å². The van der Waals surface area contributed by atoms with Crippen molar-refractivity contribution < 1.29 is 0 Å². The van der Waals surface area contributed by atoms with Crippen molar-refractivity contribution in [1.82, 2.24) is 10.0 Å². The first-order chi connectivity index (χ1) is 11.7. The predicted molar refractivity (Wildman–Crippen MR) is 103 cm³/mol. The predicted octanol–water partition coefficient (Wildman–Crippen LogP) is 4.87. The van der Waals surface area contributed by atoms with Crippen LogP contribution in [0.15, 0.2) is 40.3 Å². The van der Waals surface area contributed by atoms with Crippen molar-refractivity contribution in [3.8, 4) is 0 Å². The van der Waals surface area contributed by atoms with Gasteiger partial charge in [0, 0.05) is 16.8 Å². The number of aryl methyl sites for hydroxylation is 1. The standard InChI is InChI=1S/C19H24N4S/c1-4-7-13-8-10-15-14(12-13)9-11-16-18(15)20-23-17(5-2)22(6-3)21-19(23)24-16/h8-12,17,20H,4-7H2,1-3H3. The molecular formula is C19H24N4S. The summed E-state index contributed by atoms with van der Waals surface area (Å²) in [6.07, 6.45) is 3.65. The van der Waals surface area contributed by atoms with Crippen molar-refractivity contribution in [3.05, 3.63) is 35.9 Å².